The van der Waals surface area contributed by atoms with Crippen LogP contribution >= 0.6 is 0 Å². The van der Waals surface area contributed by atoms with Gasteiger partial charge in [0, 0.05) is 6.07 Å². The van der Waals surface area contributed by atoms with Crippen molar-refractivity contribution in [2.75, 3.05) is 11.8 Å². The molecular weight excluding hydrogens is 314 g/mol. The zero-order chi connectivity index (χ0) is 16.5. The summed E-state index contributed by atoms with van der Waals surface area (Å²) in [5.41, 5.74) is 0.270. The van der Waals surface area contributed by atoms with Gasteiger partial charge in [0.1, 0.15) is 16.4 Å². The topological polar surface area (TPSA) is 125 Å². The van der Waals surface area contributed by atoms with Gasteiger partial charge in [-0.1, -0.05) is 0 Å². The Balaban J connectivity index is 2.42. The Morgan fingerprint density at radius 1 is 1.36 bits per heavy atom. The standard InChI is InChI=1S/C12H13N3O6S/c1-7-8(2)21-12(13-7)14-22(18,19)11-5-4-9(15(16)17)6-10(11)20-3/h4-6H,1-3H3,(H,13,14). The lowest BCUT2D eigenvalue weighted by atomic mass is 10.3. The number of nitrogens with zero attached hydrogens (tertiary/aromatic N) is 2. The SMILES string of the molecule is COc1cc([N+](=O)[O-])ccc1S(=O)(=O)Nc1nc(C)c(C)o1. The zero-order valence-electron chi connectivity index (χ0n) is 12.0. The summed E-state index contributed by atoms with van der Waals surface area (Å²) in [7, 11) is -2.84. The third-order valence-electron chi connectivity index (χ3n) is 2.90. The number of non-ortho nitro benzene ring substituents is 1. The summed E-state index contributed by atoms with van der Waals surface area (Å²) < 4.78 is 36.9. The number of rotatable bonds is 5. The van der Waals surface area contributed by atoms with Gasteiger partial charge < -0.3 is 9.15 Å². The largest absolute Gasteiger partial charge is 0.495 e. The van der Waals surface area contributed by atoms with Crippen LogP contribution in [0.4, 0.5) is 11.7 Å². The van der Waals surface area contributed by atoms with Gasteiger partial charge in [0.25, 0.3) is 15.7 Å². The summed E-state index contributed by atoms with van der Waals surface area (Å²) in [6.07, 6.45) is 0. The molecule has 0 saturated heterocycles. The molecule has 0 amide bonds. The number of aromatic nitrogens is 1. The number of nitrogens with one attached hydrogen (secondary N) is 1. The Hall–Kier alpha value is -2.62. The number of ether oxygens (including phenoxy) is 1. The molecule has 10 heteroatoms. The van der Waals surface area contributed by atoms with Gasteiger partial charge in [-0.15, -0.1) is 0 Å². The first-order chi connectivity index (χ1) is 10.2. The van der Waals surface area contributed by atoms with Gasteiger partial charge in [-0.2, -0.15) is 4.98 Å². The summed E-state index contributed by atoms with van der Waals surface area (Å²) >= 11 is 0. The molecule has 0 radical (unpaired) electrons. The van der Waals surface area contributed by atoms with Crippen molar-refractivity contribution in [1.82, 2.24) is 4.98 Å². The third kappa shape index (κ3) is 3.01. The lowest BCUT2D eigenvalue weighted by Crippen LogP contribution is -2.14. The molecule has 2 rings (SSSR count). The van der Waals surface area contributed by atoms with Gasteiger partial charge in [0.05, 0.1) is 23.8 Å². The Bertz CT molecular complexity index is 808. The van der Waals surface area contributed by atoms with Crippen molar-refractivity contribution in [3.8, 4) is 5.75 Å². The first-order valence-electron chi connectivity index (χ1n) is 6.04. The van der Waals surface area contributed by atoms with E-state index in [4.69, 9.17) is 9.15 Å². The number of nitro groups is 1. The molecule has 0 aliphatic rings. The molecule has 118 valence electrons. The first kappa shape index (κ1) is 15.8. The summed E-state index contributed by atoms with van der Waals surface area (Å²) in [5.74, 6) is 0.329. The van der Waals surface area contributed by atoms with Crippen molar-refractivity contribution in [3.05, 3.63) is 39.8 Å². The van der Waals surface area contributed by atoms with E-state index in [1.807, 2.05) is 0 Å². The van der Waals surface area contributed by atoms with E-state index < -0.39 is 14.9 Å². The Morgan fingerprint density at radius 3 is 2.55 bits per heavy atom. The molecule has 22 heavy (non-hydrogen) atoms. The molecule has 0 fully saturated rings. The van der Waals surface area contributed by atoms with Crippen molar-refractivity contribution < 1.29 is 22.5 Å². The van der Waals surface area contributed by atoms with E-state index in [1.54, 1.807) is 13.8 Å². The van der Waals surface area contributed by atoms with E-state index in [9.17, 15) is 18.5 Å². The van der Waals surface area contributed by atoms with Crippen LogP contribution in [-0.4, -0.2) is 25.4 Å². The number of aryl methyl sites for hydroxylation is 2. The van der Waals surface area contributed by atoms with Crippen LogP contribution in [0.2, 0.25) is 0 Å². The van der Waals surface area contributed by atoms with E-state index in [0.29, 0.717) is 11.5 Å². The molecule has 9 nitrogen and oxygen atoms in total. The maximum Gasteiger partial charge on any atom is 0.309 e. The van der Waals surface area contributed by atoms with E-state index in [-0.39, 0.29) is 22.3 Å². The van der Waals surface area contributed by atoms with Gasteiger partial charge in [0.2, 0.25) is 0 Å². The van der Waals surface area contributed by atoms with Gasteiger partial charge in [0.15, 0.2) is 0 Å². The van der Waals surface area contributed by atoms with Crippen molar-refractivity contribution in [2.45, 2.75) is 18.7 Å². The van der Waals surface area contributed by atoms with Crippen LogP contribution in [0, 0.1) is 24.0 Å². The molecule has 0 aliphatic carbocycles. The fourth-order valence-corrected chi connectivity index (χ4v) is 2.76. The van der Waals surface area contributed by atoms with Crippen molar-refractivity contribution in [2.24, 2.45) is 0 Å². The molecule has 1 heterocycles. The molecule has 1 aromatic heterocycles. The second-order valence-electron chi connectivity index (χ2n) is 4.36. The highest BCUT2D eigenvalue weighted by Gasteiger charge is 2.24. The highest BCUT2D eigenvalue weighted by molar-refractivity contribution is 7.92. The lowest BCUT2D eigenvalue weighted by molar-refractivity contribution is -0.385. The second-order valence-corrected chi connectivity index (χ2v) is 6.01. The Labute approximate surface area is 126 Å². The molecule has 2 aromatic rings. The predicted octanol–water partition coefficient (Wildman–Crippen LogP) is 2.01. The normalized spacial score (nSPS) is 11.2. The minimum Gasteiger partial charge on any atom is -0.495 e. The number of nitro benzene ring substituents is 1. The van der Waals surface area contributed by atoms with E-state index in [1.165, 1.54) is 7.11 Å². The number of sulfonamides is 1. The number of methoxy groups -OCH3 is 1. The first-order valence-corrected chi connectivity index (χ1v) is 7.52. The number of hydrogen-bond donors (Lipinski definition) is 1. The summed E-state index contributed by atoms with van der Waals surface area (Å²) in [4.78, 5) is 13.7. The van der Waals surface area contributed by atoms with Crippen LogP contribution in [-0.2, 0) is 10.0 Å². The lowest BCUT2D eigenvalue weighted by Gasteiger charge is -2.09. The molecule has 0 aliphatic heterocycles. The average Bonchev–Trinajstić information content (AvgIpc) is 2.75. The molecule has 0 atom stereocenters. The van der Waals surface area contributed by atoms with Crippen LogP contribution in [0.15, 0.2) is 27.5 Å². The van der Waals surface area contributed by atoms with Crippen LogP contribution in [0.3, 0.4) is 0 Å². The van der Waals surface area contributed by atoms with Crippen molar-refractivity contribution >= 4 is 21.7 Å². The van der Waals surface area contributed by atoms with Gasteiger partial charge in [-0.25, -0.2) is 13.1 Å². The molecule has 0 bridgehead atoms. The fourth-order valence-electron chi connectivity index (χ4n) is 1.68. The molecule has 0 unspecified atom stereocenters. The monoisotopic (exact) mass is 327 g/mol. The summed E-state index contributed by atoms with van der Waals surface area (Å²) in [6, 6.07) is 3.00. The van der Waals surface area contributed by atoms with E-state index in [0.717, 1.165) is 18.2 Å². The average molecular weight is 327 g/mol. The van der Waals surface area contributed by atoms with Gasteiger partial charge in [-0.3, -0.25) is 10.1 Å². The third-order valence-corrected chi connectivity index (χ3v) is 4.26. The molecule has 0 spiro atoms. The summed E-state index contributed by atoms with van der Waals surface area (Å²) in [5, 5.41) is 10.7. The van der Waals surface area contributed by atoms with Crippen molar-refractivity contribution in [3.63, 3.8) is 0 Å². The molecule has 0 saturated carbocycles. The van der Waals surface area contributed by atoms with Gasteiger partial charge in [-0.05, 0) is 19.9 Å². The number of hydrogen-bond acceptors (Lipinski definition) is 7. The fraction of sp³-hybridized carbons (Fsp3) is 0.250. The van der Waals surface area contributed by atoms with Crippen LogP contribution in [0.25, 0.3) is 0 Å². The minimum absolute atomic E-state index is 0.151. The molecule has 1 N–H and O–H groups in total. The van der Waals surface area contributed by atoms with Crippen LogP contribution < -0.4 is 9.46 Å². The smallest absolute Gasteiger partial charge is 0.309 e. The Kier molecular flexibility index (Phi) is 4.04. The second kappa shape index (κ2) is 5.64. The van der Waals surface area contributed by atoms with Gasteiger partial charge >= 0.3 is 6.01 Å². The minimum atomic E-state index is -4.06. The predicted molar refractivity (Wildman–Crippen MR) is 76.4 cm³/mol. The number of oxazole rings is 1. The highest BCUT2D eigenvalue weighted by Crippen LogP contribution is 2.29. The molecule has 1 aromatic carbocycles. The highest BCUT2D eigenvalue weighted by atomic mass is 32.2. The molecular formula is C12H13N3O6S. The Morgan fingerprint density at radius 2 is 2.05 bits per heavy atom. The van der Waals surface area contributed by atoms with Crippen LogP contribution in [0.5, 0.6) is 5.75 Å². The maximum atomic E-state index is 12.3. The number of anilines is 1. The summed E-state index contributed by atoms with van der Waals surface area (Å²) in [6.45, 7) is 3.32. The van der Waals surface area contributed by atoms with Crippen LogP contribution in [0.1, 0.15) is 11.5 Å². The zero-order valence-corrected chi connectivity index (χ0v) is 12.8. The van der Waals surface area contributed by atoms with E-state index in [2.05, 4.69) is 9.71 Å². The van der Waals surface area contributed by atoms with E-state index >= 15 is 0 Å². The number of benzene rings is 1. The quantitative estimate of drug-likeness (QED) is 0.657. The van der Waals surface area contributed by atoms with Crippen molar-refractivity contribution in [1.29, 1.82) is 0 Å². The maximum absolute atomic E-state index is 12.3.